The molecule has 1 aliphatic rings. The summed E-state index contributed by atoms with van der Waals surface area (Å²) in [6, 6.07) is 20.5. The Kier molecular flexibility index (Phi) is 5.53. The molecule has 0 atom stereocenters. The second kappa shape index (κ2) is 8.40. The number of para-hydroxylation sites is 1. The zero-order valence-corrected chi connectivity index (χ0v) is 16.3. The van der Waals surface area contributed by atoms with Crippen LogP contribution in [0.4, 0.5) is 0 Å². The van der Waals surface area contributed by atoms with E-state index in [4.69, 9.17) is 0 Å². The summed E-state index contributed by atoms with van der Waals surface area (Å²) in [6.45, 7) is 6.38. The average Bonchev–Trinajstić information content (AvgIpc) is 3.15. The van der Waals surface area contributed by atoms with Crippen molar-refractivity contribution >= 4 is 5.91 Å². The molecule has 0 unspecified atom stereocenters. The third kappa shape index (κ3) is 3.99. The molecule has 0 N–H and O–H groups in total. The lowest BCUT2D eigenvalue weighted by Gasteiger charge is -2.34. The Labute approximate surface area is 166 Å². The number of hydrogen-bond acceptors (Lipinski definition) is 3. The highest BCUT2D eigenvalue weighted by Crippen LogP contribution is 2.17. The highest BCUT2D eigenvalue weighted by molar-refractivity contribution is 5.95. The molecule has 4 rings (SSSR count). The van der Waals surface area contributed by atoms with Crippen LogP contribution in [0.15, 0.2) is 66.9 Å². The van der Waals surface area contributed by atoms with E-state index in [-0.39, 0.29) is 5.91 Å². The molecule has 2 aromatic carbocycles. The highest BCUT2D eigenvalue weighted by Gasteiger charge is 2.25. The summed E-state index contributed by atoms with van der Waals surface area (Å²) in [5.41, 5.74) is 3.93. The van der Waals surface area contributed by atoms with E-state index in [0.717, 1.165) is 50.5 Å². The zero-order valence-electron chi connectivity index (χ0n) is 16.3. The Morgan fingerprint density at radius 3 is 2.25 bits per heavy atom. The predicted molar refractivity (Wildman–Crippen MR) is 111 cm³/mol. The van der Waals surface area contributed by atoms with E-state index in [1.165, 1.54) is 5.56 Å². The molecular formula is C23H26N4O. The van der Waals surface area contributed by atoms with E-state index >= 15 is 0 Å². The van der Waals surface area contributed by atoms with Crippen LogP contribution in [0.5, 0.6) is 0 Å². The van der Waals surface area contributed by atoms with Crippen LogP contribution >= 0.6 is 0 Å². The van der Waals surface area contributed by atoms with Crippen molar-refractivity contribution in [3.8, 4) is 5.69 Å². The number of piperazine rings is 1. The van der Waals surface area contributed by atoms with Gasteiger partial charge in [0.15, 0.2) is 0 Å². The minimum atomic E-state index is 0.0855. The third-order valence-corrected chi connectivity index (χ3v) is 5.46. The molecule has 1 aromatic heterocycles. The molecule has 1 fully saturated rings. The molecule has 5 nitrogen and oxygen atoms in total. The Morgan fingerprint density at radius 2 is 1.57 bits per heavy atom. The quantitative estimate of drug-likeness (QED) is 0.689. The van der Waals surface area contributed by atoms with Crippen molar-refractivity contribution < 1.29 is 4.79 Å². The number of carbonyl (C=O) groups excluding carboxylic acids is 1. The van der Waals surface area contributed by atoms with E-state index in [1.807, 2.05) is 46.8 Å². The van der Waals surface area contributed by atoms with Crippen molar-refractivity contribution in [2.24, 2.45) is 0 Å². The summed E-state index contributed by atoms with van der Waals surface area (Å²) in [6.07, 6.45) is 2.75. The van der Waals surface area contributed by atoms with Crippen LogP contribution in [0.3, 0.4) is 0 Å². The van der Waals surface area contributed by atoms with Gasteiger partial charge in [-0.15, -0.1) is 0 Å². The summed E-state index contributed by atoms with van der Waals surface area (Å²) in [4.78, 5) is 17.4. The number of amides is 1. The molecule has 5 heteroatoms. The maximum atomic E-state index is 13.0. The lowest BCUT2D eigenvalue weighted by molar-refractivity contribution is 0.0638. The van der Waals surface area contributed by atoms with Gasteiger partial charge < -0.3 is 4.90 Å². The molecule has 144 valence electrons. The molecule has 1 amide bonds. The molecule has 2 heterocycles. The first-order valence-electron chi connectivity index (χ1n) is 9.88. The van der Waals surface area contributed by atoms with Gasteiger partial charge in [-0.05, 0) is 31.0 Å². The topological polar surface area (TPSA) is 41.4 Å². The van der Waals surface area contributed by atoms with Crippen molar-refractivity contribution in [3.05, 3.63) is 83.7 Å². The fraction of sp³-hybridized carbons (Fsp3) is 0.304. The van der Waals surface area contributed by atoms with Crippen LogP contribution in [0.2, 0.25) is 0 Å². The maximum Gasteiger partial charge on any atom is 0.257 e. The number of nitrogens with zero attached hydrogens (tertiary/aromatic N) is 4. The van der Waals surface area contributed by atoms with Crippen LogP contribution < -0.4 is 0 Å². The van der Waals surface area contributed by atoms with Gasteiger partial charge in [-0.3, -0.25) is 9.69 Å². The lowest BCUT2D eigenvalue weighted by Crippen LogP contribution is -2.49. The van der Waals surface area contributed by atoms with E-state index in [1.54, 1.807) is 6.20 Å². The molecule has 0 radical (unpaired) electrons. The molecule has 0 spiro atoms. The van der Waals surface area contributed by atoms with Gasteiger partial charge in [0.25, 0.3) is 5.91 Å². The predicted octanol–water partition coefficient (Wildman–Crippen LogP) is 3.18. The van der Waals surface area contributed by atoms with Crippen LogP contribution in [0.25, 0.3) is 5.69 Å². The number of carbonyl (C=O) groups is 1. The van der Waals surface area contributed by atoms with E-state index < -0.39 is 0 Å². The number of aromatic nitrogens is 2. The normalized spacial score (nSPS) is 15.0. The molecule has 1 aliphatic heterocycles. The minimum Gasteiger partial charge on any atom is -0.336 e. The smallest absolute Gasteiger partial charge is 0.257 e. The second-order valence-corrected chi connectivity index (χ2v) is 7.26. The Hall–Kier alpha value is -2.92. The second-order valence-electron chi connectivity index (χ2n) is 7.26. The molecule has 28 heavy (non-hydrogen) atoms. The molecule has 3 aromatic rings. The van der Waals surface area contributed by atoms with Crippen LogP contribution in [-0.2, 0) is 6.42 Å². The average molecular weight is 374 g/mol. The molecular weight excluding hydrogens is 348 g/mol. The first-order chi connectivity index (χ1) is 13.7. The summed E-state index contributed by atoms with van der Waals surface area (Å²) in [5.74, 6) is 0.0855. The van der Waals surface area contributed by atoms with Gasteiger partial charge in [0.1, 0.15) is 0 Å². The largest absolute Gasteiger partial charge is 0.336 e. The van der Waals surface area contributed by atoms with Gasteiger partial charge in [0.2, 0.25) is 0 Å². The lowest BCUT2D eigenvalue weighted by atomic mass is 10.1. The third-order valence-electron chi connectivity index (χ3n) is 5.46. The van der Waals surface area contributed by atoms with Crippen LogP contribution in [0, 0.1) is 6.92 Å². The fourth-order valence-electron chi connectivity index (χ4n) is 3.73. The van der Waals surface area contributed by atoms with Crippen molar-refractivity contribution in [1.82, 2.24) is 19.6 Å². The van der Waals surface area contributed by atoms with Gasteiger partial charge in [-0.25, -0.2) is 4.68 Å². The van der Waals surface area contributed by atoms with Gasteiger partial charge in [0.05, 0.1) is 23.1 Å². The van der Waals surface area contributed by atoms with Crippen molar-refractivity contribution in [1.29, 1.82) is 0 Å². The first-order valence-corrected chi connectivity index (χ1v) is 9.88. The van der Waals surface area contributed by atoms with Gasteiger partial charge in [0, 0.05) is 32.7 Å². The van der Waals surface area contributed by atoms with Crippen molar-refractivity contribution in [2.75, 3.05) is 32.7 Å². The fourth-order valence-corrected chi connectivity index (χ4v) is 3.73. The summed E-state index contributed by atoms with van der Waals surface area (Å²) >= 11 is 0. The zero-order chi connectivity index (χ0) is 19.3. The molecule has 0 aliphatic carbocycles. The molecule has 1 saturated heterocycles. The van der Waals surface area contributed by atoms with Gasteiger partial charge in [-0.1, -0.05) is 48.5 Å². The Bertz CT molecular complexity index is 912. The monoisotopic (exact) mass is 374 g/mol. The highest BCUT2D eigenvalue weighted by atomic mass is 16.2. The van der Waals surface area contributed by atoms with Crippen LogP contribution in [0.1, 0.15) is 21.6 Å². The summed E-state index contributed by atoms with van der Waals surface area (Å²) < 4.78 is 1.84. The Morgan fingerprint density at radius 1 is 0.929 bits per heavy atom. The van der Waals surface area contributed by atoms with Gasteiger partial charge >= 0.3 is 0 Å². The number of hydrogen-bond donors (Lipinski definition) is 0. The standard InChI is InChI=1S/C23H26N4O/c1-19-22(18-24-27(19)21-10-6-3-7-11-21)23(28)26-16-14-25(15-17-26)13-12-20-8-4-2-5-9-20/h2-11,18H,12-17H2,1H3. The van der Waals surface area contributed by atoms with E-state index in [2.05, 4.69) is 40.3 Å². The number of rotatable bonds is 5. The maximum absolute atomic E-state index is 13.0. The molecule has 0 saturated carbocycles. The van der Waals surface area contributed by atoms with E-state index in [0.29, 0.717) is 5.56 Å². The molecule has 0 bridgehead atoms. The van der Waals surface area contributed by atoms with E-state index in [9.17, 15) is 4.79 Å². The Balaban J connectivity index is 1.35. The van der Waals surface area contributed by atoms with Crippen molar-refractivity contribution in [2.45, 2.75) is 13.3 Å². The summed E-state index contributed by atoms with van der Waals surface area (Å²) in [7, 11) is 0. The van der Waals surface area contributed by atoms with Gasteiger partial charge in [-0.2, -0.15) is 5.10 Å². The number of benzene rings is 2. The SMILES string of the molecule is Cc1c(C(=O)N2CCN(CCc3ccccc3)CC2)cnn1-c1ccccc1. The van der Waals surface area contributed by atoms with Crippen LogP contribution in [-0.4, -0.2) is 58.2 Å². The summed E-state index contributed by atoms with van der Waals surface area (Å²) in [5, 5.41) is 4.44. The minimum absolute atomic E-state index is 0.0855. The van der Waals surface area contributed by atoms with Crippen molar-refractivity contribution in [3.63, 3.8) is 0 Å². The first kappa shape index (κ1) is 18.4.